The molecule has 29 heavy (non-hydrogen) atoms. The lowest BCUT2D eigenvalue weighted by atomic mass is 9.90. The monoisotopic (exact) mass is 415 g/mol. The number of piperidine rings is 1. The van der Waals surface area contributed by atoms with Crippen LogP contribution in [-0.2, 0) is 11.2 Å². The average molecular weight is 416 g/mol. The summed E-state index contributed by atoms with van der Waals surface area (Å²) in [6.45, 7) is 3.53. The van der Waals surface area contributed by atoms with Crippen molar-refractivity contribution in [2.45, 2.75) is 19.3 Å². The topological polar surface area (TPSA) is 87.7 Å². The van der Waals surface area contributed by atoms with Crippen LogP contribution in [0.15, 0.2) is 30.3 Å². The Balaban J connectivity index is 1.32. The maximum absolute atomic E-state index is 12.9. The van der Waals surface area contributed by atoms with Crippen LogP contribution in [0.5, 0.6) is 0 Å². The summed E-state index contributed by atoms with van der Waals surface area (Å²) in [6, 6.07) is 10.2. The van der Waals surface area contributed by atoms with Gasteiger partial charge in [0.05, 0.1) is 13.2 Å². The lowest BCUT2D eigenvalue weighted by Gasteiger charge is -2.32. The minimum Gasteiger partial charge on any atom is -0.378 e. The number of aromatic nitrogens is 2. The van der Waals surface area contributed by atoms with Gasteiger partial charge in [-0.1, -0.05) is 34.8 Å². The third kappa shape index (κ3) is 4.91. The van der Waals surface area contributed by atoms with Crippen molar-refractivity contribution in [1.29, 1.82) is 0 Å². The van der Waals surface area contributed by atoms with E-state index in [0.29, 0.717) is 50.3 Å². The number of ether oxygens (including phenoxy) is 1. The SMILES string of the molecule is O=C(Nc1snnc1C(=O)N1CCC(Cc2ccccc2)CC1)N1CCOCC1. The van der Waals surface area contributed by atoms with Gasteiger partial charge in [0.1, 0.15) is 0 Å². The minimum absolute atomic E-state index is 0.158. The minimum atomic E-state index is -0.241. The highest BCUT2D eigenvalue weighted by Gasteiger charge is 2.28. The Morgan fingerprint density at radius 1 is 1.07 bits per heavy atom. The van der Waals surface area contributed by atoms with E-state index in [1.165, 1.54) is 5.56 Å². The highest BCUT2D eigenvalue weighted by molar-refractivity contribution is 7.10. The summed E-state index contributed by atoms with van der Waals surface area (Å²) in [5, 5.41) is 7.21. The Hall–Kier alpha value is -2.52. The molecule has 2 saturated heterocycles. The zero-order valence-corrected chi connectivity index (χ0v) is 17.1. The number of likely N-dealkylation sites (tertiary alicyclic amines) is 1. The van der Waals surface area contributed by atoms with Crippen LogP contribution in [0, 0.1) is 5.92 Å². The van der Waals surface area contributed by atoms with Gasteiger partial charge in [-0.2, -0.15) is 0 Å². The van der Waals surface area contributed by atoms with Crippen molar-refractivity contribution in [1.82, 2.24) is 19.4 Å². The predicted molar refractivity (Wildman–Crippen MR) is 110 cm³/mol. The number of amides is 3. The van der Waals surface area contributed by atoms with Gasteiger partial charge in [0, 0.05) is 37.7 Å². The first-order valence-corrected chi connectivity index (χ1v) is 10.8. The molecule has 1 aromatic carbocycles. The highest BCUT2D eigenvalue weighted by Crippen LogP contribution is 2.25. The molecule has 9 heteroatoms. The molecular formula is C20H25N5O3S. The van der Waals surface area contributed by atoms with E-state index >= 15 is 0 Å². The number of carbonyl (C=O) groups is 2. The average Bonchev–Trinajstić information content (AvgIpc) is 3.23. The molecule has 0 atom stereocenters. The van der Waals surface area contributed by atoms with Gasteiger partial charge in [0.2, 0.25) is 0 Å². The Labute approximate surface area is 174 Å². The van der Waals surface area contributed by atoms with Crippen molar-refractivity contribution in [3.63, 3.8) is 0 Å². The number of carbonyl (C=O) groups excluding carboxylic acids is 2. The van der Waals surface area contributed by atoms with Crippen LogP contribution in [0.2, 0.25) is 0 Å². The van der Waals surface area contributed by atoms with E-state index < -0.39 is 0 Å². The highest BCUT2D eigenvalue weighted by atomic mass is 32.1. The molecule has 8 nitrogen and oxygen atoms in total. The number of anilines is 1. The molecule has 1 N–H and O–H groups in total. The van der Waals surface area contributed by atoms with Crippen LogP contribution in [0.3, 0.4) is 0 Å². The van der Waals surface area contributed by atoms with Gasteiger partial charge in [-0.15, -0.1) is 5.10 Å². The van der Waals surface area contributed by atoms with Crippen LogP contribution in [0.4, 0.5) is 9.80 Å². The fourth-order valence-electron chi connectivity index (χ4n) is 3.79. The quantitative estimate of drug-likeness (QED) is 0.829. The van der Waals surface area contributed by atoms with E-state index in [4.69, 9.17) is 4.74 Å². The predicted octanol–water partition coefficient (Wildman–Crippen LogP) is 2.50. The van der Waals surface area contributed by atoms with Crippen LogP contribution in [0.1, 0.15) is 28.9 Å². The Bertz CT molecular complexity index is 830. The Morgan fingerprint density at radius 2 is 1.79 bits per heavy atom. The third-order valence-electron chi connectivity index (χ3n) is 5.48. The van der Waals surface area contributed by atoms with Crippen molar-refractivity contribution in [2.75, 3.05) is 44.7 Å². The molecule has 0 bridgehead atoms. The first-order valence-electron chi connectivity index (χ1n) is 10.00. The second kappa shape index (κ2) is 9.32. The van der Waals surface area contributed by atoms with E-state index in [2.05, 4.69) is 39.2 Å². The molecule has 0 unspecified atom stereocenters. The Kier molecular flexibility index (Phi) is 6.36. The summed E-state index contributed by atoms with van der Waals surface area (Å²) < 4.78 is 9.16. The van der Waals surface area contributed by atoms with E-state index in [1.807, 2.05) is 11.0 Å². The molecule has 1 aromatic heterocycles. The van der Waals surface area contributed by atoms with Gasteiger partial charge in [-0.05, 0) is 30.7 Å². The molecule has 0 aliphatic carbocycles. The van der Waals surface area contributed by atoms with Crippen LogP contribution >= 0.6 is 11.5 Å². The number of rotatable bonds is 4. The van der Waals surface area contributed by atoms with Crippen molar-refractivity contribution >= 4 is 28.5 Å². The van der Waals surface area contributed by atoms with Crippen LogP contribution < -0.4 is 5.32 Å². The first-order chi connectivity index (χ1) is 14.2. The van der Waals surface area contributed by atoms with Gasteiger partial charge >= 0.3 is 6.03 Å². The summed E-state index contributed by atoms with van der Waals surface area (Å²) in [5.74, 6) is 0.421. The summed E-state index contributed by atoms with van der Waals surface area (Å²) in [7, 11) is 0. The molecular weight excluding hydrogens is 390 g/mol. The second-order valence-electron chi connectivity index (χ2n) is 7.41. The maximum atomic E-state index is 12.9. The number of nitrogens with zero attached hydrogens (tertiary/aromatic N) is 4. The zero-order valence-electron chi connectivity index (χ0n) is 16.2. The normalized spacial score (nSPS) is 17.9. The lowest BCUT2D eigenvalue weighted by Crippen LogP contribution is -2.43. The number of hydrogen-bond acceptors (Lipinski definition) is 6. The molecule has 0 saturated carbocycles. The standard InChI is InChI=1S/C20H25N5O3S/c26-19(24-8-6-16(7-9-24)14-15-4-2-1-3-5-15)17-18(29-23-22-17)21-20(27)25-10-12-28-13-11-25/h1-5,16H,6-14H2,(H,21,27). The second-order valence-corrected chi connectivity index (χ2v) is 8.16. The maximum Gasteiger partial charge on any atom is 0.322 e. The van der Waals surface area contributed by atoms with Gasteiger partial charge in [-0.25, -0.2) is 4.79 Å². The molecule has 0 spiro atoms. The number of urea groups is 1. The smallest absolute Gasteiger partial charge is 0.322 e. The molecule has 3 heterocycles. The molecule has 154 valence electrons. The van der Waals surface area contributed by atoms with E-state index in [9.17, 15) is 9.59 Å². The largest absolute Gasteiger partial charge is 0.378 e. The third-order valence-corrected chi connectivity index (χ3v) is 6.12. The number of hydrogen-bond donors (Lipinski definition) is 1. The Morgan fingerprint density at radius 3 is 2.52 bits per heavy atom. The first kappa shape index (κ1) is 19.8. The van der Waals surface area contributed by atoms with Gasteiger partial charge in [-0.3, -0.25) is 10.1 Å². The van der Waals surface area contributed by atoms with Crippen molar-refractivity contribution in [2.24, 2.45) is 5.92 Å². The molecule has 2 aliphatic heterocycles. The summed E-state index contributed by atoms with van der Waals surface area (Å²) in [4.78, 5) is 28.9. The summed E-state index contributed by atoms with van der Waals surface area (Å²) in [5.41, 5.74) is 1.58. The van der Waals surface area contributed by atoms with Crippen molar-refractivity contribution in [3.8, 4) is 0 Å². The van der Waals surface area contributed by atoms with E-state index in [1.54, 1.807) is 4.90 Å². The number of morpholine rings is 1. The molecule has 2 aliphatic rings. The summed E-state index contributed by atoms with van der Waals surface area (Å²) >= 11 is 1.04. The molecule has 3 amide bonds. The summed E-state index contributed by atoms with van der Waals surface area (Å²) in [6.07, 6.45) is 2.98. The van der Waals surface area contributed by atoms with Gasteiger partial charge < -0.3 is 14.5 Å². The van der Waals surface area contributed by atoms with E-state index in [0.717, 1.165) is 30.8 Å². The van der Waals surface area contributed by atoms with Crippen molar-refractivity contribution < 1.29 is 14.3 Å². The lowest BCUT2D eigenvalue weighted by molar-refractivity contribution is 0.0564. The van der Waals surface area contributed by atoms with Crippen LogP contribution in [0.25, 0.3) is 0 Å². The van der Waals surface area contributed by atoms with Gasteiger partial charge in [0.15, 0.2) is 10.7 Å². The van der Waals surface area contributed by atoms with E-state index in [-0.39, 0.29) is 17.6 Å². The zero-order chi connectivity index (χ0) is 20.1. The fraction of sp³-hybridized carbons (Fsp3) is 0.500. The molecule has 4 rings (SSSR count). The van der Waals surface area contributed by atoms with Crippen LogP contribution in [-0.4, -0.2) is 70.7 Å². The molecule has 2 aromatic rings. The fourth-order valence-corrected chi connectivity index (χ4v) is 4.34. The van der Waals surface area contributed by atoms with Gasteiger partial charge in [0.25, 0.3) is 5.91 Å². The molecule has 2 fully saturated rings. The van der Waals surface area contributed by atoms with Crippen molar-refractivity contribution in [3.05, 3.63) is 41.6 Å². The number of benzene rings is 1. The number of nitrogens with one attached hydrogen (secondary N) is 1. The molecule has 0 radical (unpaired) electrons.